The Labute approximate surface area is 59.9 Å². The molecule has 0 saturated heterocycles. The lowest BCUT2D eigenvalue weighted by molar-refractivity contribution is 1.11. The number of hydrogen-bond donors (Lipinski definition) is 1. The Bertz CT molecular complexity index is 170. The predicted molar refractivity (Wildman–Crippen MR) is 37.3 cm³/mol. The second kappa shape index (κ2) is 7.26. The standard InChI is InChI=1S/C5H7N.C2N2/c1-2-4-6-5-3-1;3-1-2-4/h2-6H,1H2;. The van der Waals surface area contributed by atoms with Gasteiger partial charge >= 0.3 is 0 Å². The molecule has 0 aliphatic carbocycles. The molecule has 0 amide bonds. The minimum atomic E-state index is 1.08. The first-order valence-corrected chi connectivity index (χ1v) is 2.76. The summed E-state index contributed by atoms with van der Waals surface area (Å²) in [6.45, 7) is 0. The Balaban J connectivity index is 0.000000180. The lowest BCUT2D eigenvalue weighted by Crippen LogP contribution is -1.93. The van der Waals surface area contributed by atoms with Crippen LogP contribution in [0.1, 0.15) is 6.42 Å². The zero-order chi connectivity index (χ0) is 7.66. The maximum absolute atomic E-state index is 7.26. The number of nitriles is 2. The van der Waals surface area contributed by atoms with Gasteiger partial charge in [0.2, 0.25) is 0 Å². The summed E-state index contributed by atoms with van der Waals surface area (Å²) in [5, 5.41) is 17.5. The van der Waals surface area contributed by atoms with E-state index in [2.05, 4.69) is 17.5 Å². The Morgan fingerprint density at radius 2 is 1.60 bits per heavy atom. The largest absolute Gasteiger partial charge is 0.368 e. The van der Waals surface area contributed by atoms with Gasteiger partial charge in [-0.05, 0) is 18.8 Å². The van der Waals surface area contributed by atoms with E-state index in [1.165, 1.54) is 12.1 Å². The molecule has 1 rings (SSSR count). The Morgan fingerprint density at radius 3 is 1.70 bits per heavy atom. The third-order valence-corrected chi connectivity index (χ3v) is 0.750. The fraction of sp³-hybridized carbons (Fsp3) is 0.143. The smallest absolute Gasteiger partial charge is 0.181 e. The van der Waals surface area contributed by atoms with Crippen molar-refractivity contribution in [3.63, 3.8) is 0 Å². The third kappa shape index (κ3) is 6.26. The second-order valence-electron chi connectivity index (χ2n) is 1.43. The summed E-state index contributed by atoms with van der Waals surface area (Å²) in [5.74, 6) is 0. The van der Waals surface area contributed by atoms with Gasteiger partial charge in [0.25, 0.3) is 0 Å². The normalized spacial score (nSPS) is 11.4. The molecule has 50 valence electrons. The molecule has 3 heteroatoms. The van der Waals surface area contributed by atoms with Crippen LogP contribution in [-0.2, 0) is 0 Å². The van der Waals surface area contributed by atoms with Gasteiger partial charge in [-0.2, -0.15) is 10.5 Å². The zero-order valence-electron chi connectivity index (χ0n) is 5.41. The van der Waals surface area contributed by atoms with E-state index in [9.17, 15) is 0 Å². The molecular weight excluding hydrogens is 126 g/mol. The maximum atomic E-state index is 7.26. The van der Waals surface area contributed by atoms with Gasteiger partial charge in [0.15, 0.2) is 12.1 Å². The van der Waals surface area contributed by atoms with Crippen LogP contribution in [0.5, 0.6) is 0 Å². The summed E-state index contributed by atoms with van der Waals surface area (Å²) >= 11 is 0. The quantitative estimate of drug-likeness (QED) is 0.537. The molecule has 0 saturated carbocycles. The van der Waals surface area contributed by atoms with Crippen LogP contribution in [0.3, 0.4) is 0 Å². The van der Waals surface area contributed by atoms with Crippen molar-refractivity contribution in [3.05, 3.63) is 24.6 Å². The van der Waals surface area contributed by atoms with E-state index >= 15 is 0 Å². The van der Waals surface area contributed by atoms with Gasteiger partial charge in [-0.15, -0.1) is 0 Å². The zero-order valence-corrected chi connectivity index (χ0v) is 5.41. The van der Waals surface area contributed by atoms with Gasteiger partial charge in [-0.1, -0.05) is 12.2 Å². The van der Waals surface area contributed by atoms with Gasteiger partial charge in [-0.25, -0.2) is 0 Å². The molecule has 1 N–H and O–H groups in total. The molecule has 1 aliphatic rings. The summed E-state index contributed by atoms with van der Waals surface area (Å²) in [6, 6.07) is 2.47. The molecule has 1 aliphatic heterocycles. The summed E-state index contributed by atoms with van der Waals surface area (Å²) in [7, 11) is 0. The summed E-state index contributed by atoms with van der Waals surface area (Å²) in [6.07, 6.45) is 9.08. The highest BCUT2D eigenvalue weighted by atomic mass is 14.8. The molecule has 1 heterocycles. The van der Waals surface area contributed by atoms with Crippen molar-refractivity contribution in [1.29, 1.82) is 10.5 Å². The van der Waals surface area contributed by atoms with Crippen LogP contribution < -0.4 is 5.32 Å². The van der Waals surface area contributed by atoms with E-state index in [1.54, 1.807) is 0 Å². The molecular formula is C7H7N3. The molecule has 0 unspecified atom stereocenters. The summed E-state index contributed by atoms with van der Waals surface area (Å²) in [5.41, 5.74) is 0. The van der Waals surface area contributed by atoms with Crippen molar-refractivity contribution in [1.82, 2.24) is 5.32 Å². The number of hydrogen-bond acceptors (Lipinski definition) is 3. The van der Waals surface area contributed by atoms with E-state index in [0.717, 1.165) is 6.42 Å². The SMILES string of the molecule is C1=CNC=CC1.N#CC#N. The van der Waals surface area contributed by atoms with Gasteiger partial charge in [-0.3, -0.25) is 0 Å². The van der Waals surface area contributed by atoms with E-state index < -0.39 is 0 Å². The first kappa shape index (κ1) is 8.26. The molecule has 3 nitrogen and oxygen atoms in total. The van der Waals surface area contributed by atoms with Crippen molar-refractivity contribution in [3.8, 4) is 12.1 Å². The van der Waals surface area contributed by atoms with Crippen LogP contribution in [0.4, 0.5) is 0 Å². The molecule has 0 aromatic carbocycles. The minimum absolute atomic E-state index is 1.08. The number of dihydropyridines is 1. The van der Waals surface area contributed by atoms with Crippen LogP contribution >= 0.6 is 0 Å². The van der Waals surface area contributed by atoms with Gasteiger partial charge < -0.3 is 5.32 Å². The fourth-order valence-corrected chi connectivity index (χ4v) is 0.406. The number of allylic oxidation sites excluding steroid dienone is 2. The molecule has 10 heavy (non-hydrogen) atoms. The lowest BCUT2D eigenvalue weighted by Gasteiger charge is -1.92. The molecule has 0 aromatic rings. The Hall–Kier alpha value is -1.74. The minimum Gasteiger partial charge on any atom is -0.368 e. The fourth-order valence-electron chi connectivity index (χ4n) is 0.406. The van der Waals surface area contributed by atoms with Crippen molar-refractivity contribution in [2.24, 2.45) is 0 Å². The summed E-state index contributed by atoms with van der Waals surface area (Å²) < 4.78 is 0. The maximum Gasteiger partial charge on any atom is 0.181 e. The van der Waals surface area contributed by atoms with Crippen LogP contribution in [0, 0.1) is 22.7 Å². The van der Waals surface area contributed by atoms with Crippen LogP contribution in [0.2, 0.25) is 0 Å². The number of rotatable bonds is 0. The van der Waals surface area contributed by atoms with Gasteiger partial charge in [0, 0.05) is 0 Å². The first-order valence-electron chi connectivity index (χ1n) is 2.76. The average Bonchev–Trinajstić information content (AvgIpc) is 2.08. The number of nitrogens with one attached hydrogen (secondary N) is 1. The third-order valence-electron chi connectivity index (χ3n) is 0.750. The van der Waals surface area contributed by atoms with Crippen molar-refractivity contribution in [2.45, 2.75) is 6.42 Å². The topological polar surface area (TPSA) is 59.6 Å². The van der Waals surface area contributed by atoms with Gasteiger partial charge in [0.05, 0.1) is 0 Å². The number of nitrogens with zero attached hydrogens (tertiary/aromatic N) is 2. The van der Waals surface area contributed by atoms with Crippen molar-refractivity contribution in [2.75, 3.05) is 0 Å². The summed E-state index contributed by atoms with van der Waals surface area (Å²) in [4.78, 5) is 0. The monoisotopic (exact) mass is 133 g/mol. The molecule has 0 radical (unpaired) electrons. The molecule has 0 bridgehead atoms. The van der Waals surface area contributed by atoms with Crippen LogP contribution in [-0.4, -0.2) is 0 Å². The highest BCUT2D eigenvalue weighted by Gasteiger charge is 1.73. The van der Waals surface area contributed by atoms with E-state index in [1.807, 2.05) is 12.4 Å². The molecule has 0 fully saturated rings. The first-order chi connectivity index (χ1) is 4.91. The van der Waals surface area contributed by atoms with E-state index in [0.29, 0.717) is 0 Å². The molecule has 0 atom stereocenters. The predicted octanol–water partition coefficient (Wildman–Crippen LogP) is 1.04. The van der Waals surface area contributed by atoms with Gasteiger partial charge in [0.1, 0.15) is 0 Å². The van der Waals surface area contributed by atoms with Crippen molar-refractivity contribution < 1.29 is 0 Å². The van der Waals surface area contributed by atoms with Crippen molar-refractivity contribution >= 4 is 0 Å². The Morgan fingerprint density at radius 1 is 1.10 bits per heavy atom. The van der Waals surface area contributed by atoms with Crippen LogP contribution in [0.25, 0.3) is 0 Å². The average molecular weight is 133 g/mol. The van der Waals surface area contributed by atoms with E-state index in [4.69, 9.17) is 10.5 Å². The van der Waals surface area contributed by atoms with E-state index in [-0.39, 0.29) is 0 Å². The Kier molecular flexibility index (Phi) is 6.00. The molecule has 0 spiro atoms. The second-order valence-corrected chi connectivity index (χ2v) is 1.43. The highest BCUT2D eigenvalue weighted by molar-refractivity contribution is 4.99. The molecule has 0 aromatic heterocycles. The van der Waals surface area contributed by atoms with Crippen LogP contribution in [0.15, 0.2) is 24.6 Å². The highest BCUT2D eigenvalue weighted by Crippen LogP contribution is 1.86. The lowest BCUT2D eigenvalue weighted by atomic mass is 10.4.